The maximum Gasteiger partial charge on any atom is 0.136 e. The van der Waals surface area contributed by atoms with Crippen LogP contribution in [0.3, 0.4) is 0 Å². The van der Waals surface area contributed by atoms with Crippen LogP contribution in [-0.2, 0) is 0 Å². The Kier molecular flexibility index (Phi) is 4.36. The van der Waals surface area contributed by atoms with Gasteiger partial charge in [0.2, 0.25) is 0 Å². The first-order chi connectivity index (χ1) is 31.7. The predicted molar refractivity (Wildman–Crippen MR) is 225 cm³/mol. The van der Waals surface area contributed by atoms with Crippen LogP contribution in [0, 0.1) is 0 Å². The molecule has 53 heavy (non-hydrogen) atoms. The smallest absolute Gasteiger partial charge is 0.136 e. The summed E-state index contributed by atoms with van der Waals surface area (Å²) in [4.78, 5) is 0. The van der Waals surface area contributed by atoms with E-state index in [0.717, 1.165) is 65.7 Å². The van der Waals surface area contributed by atoms with Gasteiger partial charge in [-0.05, 0) is 118 Å². The third-order valence-electron chi connectivity index (χ3n) is 10.2. The SMILES string of the molecule is [2H]c1c([2H])c([2H])c(-c2c3c([2H])c([2H])c([2H])c([2H])c3c(-c3ccc4cc(-c5ccc6c(c5)oc5cccc(-c7cccc8ccccc78)c56)ccc4c3)c3c([2H])c([2H])c([2H])c([2H])c23)c([2H])c1[2H]. The van der Waals surface area contributed by atoms with Gasteiger partial charge in [0.25, 0.3) is 0 Å². The first-order valence-corrected chi connectivity index (χ1v) is 17.2. The van der Waals surface area contributed by atoms with E-state index in [1.54, 1.807) is 12.1 Å². The van der Waals surface area contributed by atoms with E-state index in [0.29, 0.717) is 5.56 Å². The van der Waals surface area contributed by atoms with Crippen LogP contribution in [0.25, 0.3) is 110 Å². The van der Waals surface area contributed by atoms with Crippen molar-refractivity contribution in [2.45, 2.75) is 0 Å². The van der Waals surface area contributed by atoms with E-state index in [1.807, 2.05) is 54.6 Å². The van der Waals surface area contributed by atoms with E-state index in [9.17, 15) is 5.48 Å². The lowest BCUT2D eigenvalue weighted by atomic mass is 9.85. The zero-order chi connectivity index (χ0) is 46.2. The average Bonchev–Trinajstić information content (AvgIpc) is 3.72. The molecular formula is C52H32O. The molecular weight excluding hydrogens is 641 g/mol. The maximum absolute atomic E-state index is 9.27. The topological polar surface area (TPSA) is 13.1 Å². The fraction of sp³-hybridized carbons (Fsp3) is 0. The summed E-state index contributed by atoms with van der Waals surface area (Å²) in [6.45, 7) is 0. The molecule has 11 aromatic rings. The Labute approximate surface area is 325 Å². The van der Waals surface area contributed by atoms with Crippen LogP contribution in [0.5, 0.6) is 0 Å². The second-order valence-electron chi connectivity index (χ2n) is 13.0. The molecule has 0 fully saturated rings. The molecule has 0 atom stereocenters. The molecule has 0 N–H and O–H groups in total. The van der Waals surface area contributed by atoms with Crippen LogP contribution in [0.15, 0.2) is 198 Å². The van der Waals surface area contributed by atoms with Gasteiger partial charge in [-0.15, -0.1) is 0 Å². The minimum atomic E-state index is -0.713. The summed E-state index contributed by atoms with van der Waals surface area (Å²) in [5.74, 6) is 0. The summed E-state index contributed by atoms with van der Waals surface area (Å²) in [6.07, 6.45) is 0. The van der Waals surface area contributed by atoms with Crippen molar-refractivity contribution in [3.63, 3.8) is 0 Å². The molecule has 1 heterocycles. The Balaban J connectivity index is 1.12. The monoisotopic (exact) mass is 685 g/mol. The lowest BCUT2D eigenvalue weighted by Crippen LogP contribution is -1.90. The highest BCUT2D eigenvalue weighted by molar-refractivity contribution is 6.22. The molecule has 0 saturated carbocycles. The van der Waals surface area contributed by atoms with E-state index in [4.69, 9.17) is 16.8 Å². The van der Waals surface area contributed by atoms with E-state index in [-0.39, 0.29) is 32.7 Å². The lowest BCUT2D eigenvalue weighted by molar-refractivity contribution is 0.669. The van der Waals surface area contributed by atoms with E-state index in [2.05, 4.69) is 48.5 Å². The van der Waals surface area contributed by atoms with Gasteiger partial charge in [-0.25, -0.2) is 0 Å². The number of rotatable bonds is 4. The van der Waals surface area contributed by atoms with Gasteiger partial charge < -0.3 is 4.42 Å². The summed E-state index contributed by atoms with van der Waals surface area (Å²) in [6, 6.07) is 29.8. The first kappa shape index (κ1) is 19.6. The molecule has 0 unspecified atom stereocenters. The quantitative estimate of drug-likeness (QED) is 0.168. The highest BCUT2D eigenvalue weighted by Gasteiger charge is 2.18. The summed E-state index contributed by atoms with van der Waals surface area (Å²) in [7, 11) is 0. The van der Waals surface area contributed by atoms with Gasteiger partial charge in [0.1, 0.15) is 11.2 Å². The van der Waals surface area contributed by atoms with Gasteiger partial charge in [0.05, 0.1) is 17.8 Å². The fourth-order valence-corrected chi connectivity index (χ4v) is 7.81. The Hall–Kier alpha value is -6.96. The number of fused-ring (bicyclic) bond motifs is 7. The molecule has 0 aliphatic carbocycles. The van der Waals surface area contributed by atoms with Gasteiger partial charge in [0.15, 0.2) is 0 Å². The minimum Gasteiger partial charge on any atom is -0.456 e. The zero-order valence-electron chi connectivity index (χ0n) is 40.9. The fourth-order valence-electron chi connectivity index (χ4n) is 7.81. The Bertz CT molecular complexity index is 3870. The van der Waals surface area contributed by atoms with Crippen molar-refractivity contribution in [1.29, 1.82) is 0 Å². The van der Waals surface area contributed by atoms with Crippen molar-refractivity contribution in [2.75, 3.05) is 0 Å². The van der Waals surface area contributed by atoms with E-state index < -0.39 is 84.1 Å². The maximum atomic E-state index is 9.27. The first-order valence-electron chi connectivity index (χ1n) is 23.7. The van der Waals surface area contributed by atoms with Crippen LogP contribution in [0.2, 0.25) is 0 Å². The molecule has 0 amide bonds. The highest BCUT2D eigenvalue weighted by Crippen LogP contribution is 2.45. The molecule has 1 nitrogen and oxygen atoms in total. The minimum absolute atomic E-state index is 0.0827. The molecule has 0 aliphatic rings. The summed E-state index contributed by atoms with van der Waals surface area (Å²) in [5, 5.41) is 5.11. The molecule has 10 aromatic carbocycles. The molecule has 1 heteroatoms. The molecule has 0 spiro atoms. The van der Waals surface area contributed by atoms with E-state index >= 15 is 0 Å². The van der Waals surface area contributed by atoms with Crippen molar-refractivity contribution in [3.05, 3.63) is 194 Å². The third-order valence-corrected chi connectivity index (χ3v) is 10.2. The van der Waals surface area contributed by atoms with Gasteiger partial charge in [-0.2, -0.15) is 0 Å². The average molecular weight is 686 g/mol. The van der Waals surface area contributed by atoms with E-state index in [1.165, 1.54) is 0 Å². The largest absolute Gasteiger partial charge is 0.456 e. The molecule has 0 aliphatic heterocycles. The molecule has 0 bridgehead atoms. The van der Waals surface area contributed by atoms with Crippen molar-refractivity contribution in [3.8, 4) is 44.5 Å². The van der Waals surface area contributed by atoms with Crippen LogP contribution < -0.4 is 0 Å². The zero-order valence-corrected chi connectivity index (χ0v) is 27.9. The van der Waals surface area contributed by atoms with Crippen molar-refractivity contribution in [2.24, 2.45) is 0 Å². The predicted octanol–water partition coefficient (Wildman–Crippen LogP) is 14.9. The van der Waals surface area contributed by atoms with Crippen LogP contribution in [0.1, 0.15) is 17.8 Å². The lowest BCUT2D eigenvalue weighted by Gasteiger charge is -2.18. The molecule has 0 radical (unpaired) electrons. The Morgan fingerprint density at radius 1 is 0.340 bits per heavy atom. The van der Waals surface area contributed by atoms with Crippen LogP contribution in [0.4, 0.5) is 0 Å². The third kappa shape index (κ3) is 4.71. The van der Waals surface area contributed by atoms with Gasteiger partial charge >= 0.3 is 0 Å². The Morgan fingerprint density at radius 2 is 0.906 bits per heavy atom. The summed E-state index contributed by atoms with van der Waals surface area (Å²) >= 11 is 0. The van der Waals surface area contributed by atoms with Crippen molar-refractivity contribution >= 4 is 65.0 Å². The molecule has 0 saturated heterocycles. The summed E-state index contributed by atoms with van der Waals surface area (Å²) < 4.78 is 121. The van der Waals surface area contributed by atoms with Gasteiger partial charge in [0, 0.05) is 10.8 Å². The molecule has 246 valence electrons. The van der Waals surface area contributed by atoms with Crippen molar-refractivity contribution < 1.29 is 22.2 Å². The van der Waals surface area contributed by atoms with Gasteiger partial charge in [-0.3, -0.25) is 0 Å². The normalized spacial score (nSPS) is 15.2. The highest BCUT2D eigenvalue weighted by atomic mass is 16.3. The summed E-state index contributed by atoms with van der Waals surface area (Å²) in [5.41, 5.74) is 5.20. The number of hydrogen-bond donors (Lipinski definition) is 0. The molecule has 11 rings (SSSR count). The second kappa shape index (κ2) is 11.8. The van der Waals surface area contributed by atoms with Crippen LogP contribution in [-0.4, -0.2) is 0 Å². The standard InChI is InChI=1S/C52H32O/c1-2-13-34(14-3-1)50-43-17-6-8-19-45(43)51(46-20-9-7-18-44(46)50)39-27-26-35-30-36(24-25-37(35)31-39)38-28-29-47-49(32-38)53-48-23-11-22-42(52(47)48)41-21-10-15-33-12-4-5-16-40(33)41/h1-32H/i1D,2D,3D,6D,7D,8D,9D,13D,14D,17D,18D,19D,20D. The molecule has 1 aromatic heterocycles. The Morgan fingerprint density at radius 3 is 1.66 bits per heavy atom. The van der Waals surface area contributed by atoms with Crippen LogP contribution >= 0.6 is 0 Å². The van der Waals surface area contributed by atoms with Gasteiger partial charge in [-0.1, -0.05) is 163 Å². The number of benzene rings is 10. The number of hydrogen-bond acceptors (Lipinski definition) is 1. The van der Waals surface area contributed by atoms with Crippen molar-refractivity contribution in [1.82, 2.24) is 0 Å². The number of furan rings is 1. The second-order valence-corrected chi connectivity index (χ2v) is 13.0.